The van der Waals surface area contributed by atoms with Crippen molar-refractivity contribution in [2.45, 2.75) is 39.1 Å². The van der Waals surface area contributed by atoms with Crippen molar-refractivity contribution in [1.29, 1.82) is 0 Å². The molecule has 0 bridgehead atoms. The molecule has 10 heteroatoms. The van der Waals surface area contributed by atoms with E-state index in [0.29, 0.717) is 18.1 Å². The van der Waals surface area contributed by atoms with E-state index >= 15 is 0 Å². The summed E-state index contributed by atoms with van der Waals surface area (Å²) in [4.78, 5) is 16.5. The molecule has 0 saturated heterocycles. The van der Waals surface area contributed by atoms with Gasteiger partial charge in [-0.1, -0.05) is 0 Å². The minimum Gasteiger partial charge on any atom is -0.494 e. The molecule has 1 atom stereocenters. The van der Waals surface area contributed by atoms with Gasteiger partial charge in [0.25, 0.3) is 0 Å². The highest BCUT2D eigenvalue weighted by Gasteiger charge is 2.31. The lowest BCUT2D eigenvalue weighted by atomic mass is 10.1. The Morgan fingerprint density at radius 2 is 2.10 bits per heavy atom. The highest BCUT2D eigenvalue weighted by atomic mass is 19.4. The van der Waals surface area contributed by atoms with Gasteiger partial charge in [-0.15, -0.1) is 0 Å². The Kier molecular flexibility index (Phi) is 7.58. The van der Waals surface area contributed by atoms with Gasteiger partial charge < -0.3 is 25.0 Å². The van der Waals surface area contributed by atoms with E-state index in [1.54, 1.807) is 0 Å². The van der Waals surface area contributed by atoms with Crippen LogP contribution in [0.15, 0.2) is 17.1 Å². The van der Waals surface area contributed by atoms with Crippen molar-refractivity contribution in [1.82, 2.24) is 15.5 Å². The van der Waals surface area contributed by atoms with Crippen LogP contribution in [0.5, 0.6) is 11.5 Å². The van der Waals surface area contributed by atoms with Crippen molar-refractivity contribution in [3.05, 3.63) is 23.3 Å². The first-order valence-electron chi connectivity index (χ1n) is 9.33. The van der Waals surface area contributed by atoms with Crippen LogP contribution in [-0.2, 0) is 17.8 Å². The largest absolute Gasteiger partial charge is 0.494 e. The van der Waals surface area contributed by atoms with Crippen LogP contribution >= 0.6 is 0 Å². The molecular formula is C19H27F3N4O3. The van der Waals surface area contributed by atoms with Crippen LogP contribution in [-0.4, -0.2) is 62.8 Å². The van der Waals surface area contributed by atoms with Gasteiger partial charge in [-0.25, -0.2) is 0 Å². The minimum absolute atomic E-state index is 0.108. The first kappa shape index (κ1) is 22.6. The molecule has 1 aromatic rings. The second-order valence-electron chi connectivity index (χ2n) is 6.78. The molecule has 29 heavy (non-hydrogen) atoms. The normalized spacial score (nSPS) is 16.1. The van der Waals surface area contributed by atoms with E-state index in [1.807, 2.05) is 26.0 Å². The summed E-state index contributed by atoms with van der Waals surface area (Å²) in [7, 11) is 2.61. The Bertz CT molecular complexity index is 753. The smallest absolute Gasteiger partial charge is 0.406 e. The predicted molar refractivity (Wildman–Crippen MR) is 103 cm³/mol. The molecule has 0 saturated carbocycles. The molecule has 1 aliphatic heterocycles. The lowest BCUT2D eigenvalue weighted by molar-refractivity contribution is -0.157. The van der Waals surface area contributed by atoms with Gasteiger partial charge in [-0.3, -0.25) is 9.79 Å². The van der Waals surface area contributed by atoms with Crippen molar-refractivity contribution in [3.8, 4) is 11.5 Å². The van der Waals surface area contributed by atoms with Gasteiger partial charge >= 0.3 is 6.18 Å². The number of alkyl halides is 3. The Morgan fingerprint density at radius 1 is 1.38 bits per heavy atom. The molecular weight excluding hydrogens is 389 g/mol. The molecule has 0 fully saturated rings. The maximum atomic E-state index is 12.4. The zero-order valence-electron chi connectivity index (χ0n) is 17.0. The number of amides is 1. The predicted octanol–water partition coefficient (Wildman–Crippen LogP) is 2.09. The summed E-state index contributed by atoms with van der Waals surface area (Å²) in [5, 5.41) is 5.77. The van der Waals surface area contributed by atoms with Crippen LogP contribution in [0.2, 0.25) is 0 Å². The molecule has 1 aromatic carbocycles. The van der Waals surface area contributed by atoms with Gasteiger partial charge in [0, 0.05) is 38.2 Å². The summed E-state index contributed by atoms with van der Waals surface area (Å²) in [6.07, 6.45) is -3.51. The van der Waals surface area contributed by atoms with Crippen LogP contribution in [0.1, 0.15) is 25.0 Å². The molecule has 2 rings (SSSR count). The van der Waals surface area contributed by atoms with E-state index in [1.165, 1.54) is 7.05 Å². The van der Waals surface area contributed by atoms with E-state index in [2.05, 4.69) is 15.6 Å². The molecule has 1 amide bonds. The van der Waals surface area contributed by atoms with Crippen LogP contribution in [0.4, 0.5) is 13.2 Å². The minimum atomic E-state index is -4.44. The first-order valence-corrected chi connectivity index (χ1v) is 9.33. The van der Waals surface area contributed by atoms with Crippen LogP contribution < -0.4 is 20.1 Å². The van der Waals surface area contributed by atoms with Crippen molar-refractivity contribution in [3.63, 3.8) is 0 Å². The summed E-state index contributed by atoms with van der Waals surface area (Å²) in [6.45, 7) is 3.13. The fourth-order valence-electron chi connectivity index (χ4n) is 2.96. The van der Waals surface area contributed by atoms with Gasteiger partial charge in [-0.2, -0.15) is 13.2 Å². The number of aliphatic imine (C=N–C) groups is 1. The van der Waals surface area contributed by atoms with Gasteiger partial charge in [0.05, 0.1) is 13.2 Å². The van der Waals surface area contributed by atoms with Crippen molar-refractivity contribution >= 4 is 11.9 Å². The van der Waals surface area contributed by atoms with Crippen molar-refractivity contribution in [2.75, 3.05) is 33.8 Å². The maximum absolute atomic E-state index is 12.4. The SMILES string of the molecule is CCOc1cc2c(cc1CNC(=NC)NCC(=O)N(C)CC(F)(F)F)OC(C)C2. The summed E-state index contributed by atoms with van der Waals surface area (Å²) in [5.74, 6) is 1.13. The van der Waals surface area contributed by atoms with Gasteiger partial charge in [0.15, 0.2) is 5.96 Å². The number of halogens is 3. The molecule has 2 N–H and O–H groups in total. The van der Waals surface area contributed by atoms with Crippen LogP contribution in [0.25, 0.3) is 0 Å². The Morgan fingerprint density at radius 3 is 2.72 bits per heavy atom. The molecule has 0 aromatic heterocycles. The fourth-order valence-corrected chi connectivity index (χ4v) is 2.96. The molecule has 0 aliphatic carbocycles. The zero-order chi connectivity index (χ0) is 21.6. The number of likely N-dealkylation sites (N-methyl/N-ethyl adjacent to an activating group) is 1. The van der Waals surface area contributed by atoms with E-state index in [4.69, 9.17) is 9.47 Å². The van der Waals surface area contributed by atoms with Crippen LogP contribution in [0.3, 0.4) is 0 Å². The first-order chi connectivity index (χ1) is 13.6. The molecule has 1 heterocycles. The quantitative estimate of drug-likeness (QED) is 0.526. The number of carbonyl (C=O) groups excluding carboxylic acids is 1. The summed E-state index contributed by atoms with van der Waals surface area (Å²) < 4.78 is 48.7. The number of nitrogens with one attached hydrogen (secondary N) is 2. The van der Waals surface area contributed by atoms with E-state index in [-0.39, 0.29) is 18.6 Å². The zero-order valence-corrected chi connectivity index (χ0v) is 17.0. The van der Waals surface area contributed by atoms with Crippen LogP contribution in [0, 0.1) is 0 Å². The lowest BCUT2D eigenvalue weighted by Gasteiger charge is -2.20. The van der Waals surface area contributed by atoms with Gasteiger partial charge in [0.2, 0.25) is 5.91 Å². The summed E-state index contributed by atoms with van der Waals surface area (Å²) >= 11 is 0. The Balaban J connectivity index is 1.95. The highest BCUT2D eigenvalue weighted by Crippen LogP contribution is 2.35. The summed E-state index contributed by atoms with van der Waals surface area (Å²) in [5.41, 5.74) is 1.94. The molecule has 1 unspecified atom stereocenters. The maximum Gasteiger partial charge on any atom is 0.406 e. The molecule has 0 radical (unpaired) electrons. The number of rotatable bonds is 7. The number of fused-ring (bicyclic) bond motifs is 1. The highest BCUT2D eigenvalue weighted by molar-refractivity contribution is 5.86. The third-order valence-corrected chi connectivity index (χ3v) is 4.30. The van der Waals surface area contributed by atoms with E-state index in [0.717, 1.165) is 36.1 Å². The third-order valence-electron chi connectivity index (χ3n) is 4.30. The third kappa shape index (κ3) is 6.72. The fraction of sp³-hybridized carbons (Fsp3) is 0.579. The van der Waals surface area contributed by atoms with E-state index in [9.17, 15) is 18.0 Å². The van der Waals surface area contributed by atoms with Crippen molar-refractivity contribution in [2.24, 2.45) is 4.99 Å². The van der Waals surface area contributed by atoms with Gasteiger partial charge in [-0.05, 0) is 26.0 Å². The topological polar surface area (TPSA) is 75.2 Å². The number of nitrogens with zero attached hydrogens (tertiary/aromatic N) is 2. The molecule has 7 nitrogen and oxygen atoms in total. The number of hydrogen-bond acceptors (Lipinski definition) is 4. The Hall–Kier alpha value is -2.65. The number of guanidine groups is 1. The molecule has 162 valence electrons. The number of benzene rings is 1. The van der Waals surface area contributed by atoms with E-state index < -0.39 is 18.6 Å². The standard InChI is InChI=1S/C19H27F3N4O3/c1-5-28-15-7-13-6-12(2)29-16(13)8-14(15)9-24-18(23-3)25-10-17(27)26(4)11-19(20,21)22/h7-8,12H,5-6,9-11H2,1-4H3,(H2,23,24,25). The molecule has 1 aliphatic rings. The molecule has 0 spiro atoms. The second-order valence-corrected chi connectivity index (χ2v) is 6.78. The van der Waals surface area contributed by atoms with Gasteiger partial charge in [0.1, 0.15) is 24.1 Å². The lowest BCUT2D eigenvalue weighted by Crippen LogP contribution is -2.45. The van der Waals surface area contributed by atoms with Crippen molar-refractivity contribution < 1.29 is 27.4 Å². The monoisotopic (exact) mass is 416 g/mol. The number of hydrogen-bond donors (Lipinski definition) is 2. The average molecular weight is 416 g/mol. The number of ether oxygens (including phenoxy) is 2. The Labute approximate surface area is 168 Å². The number of carbonyl (C=O) groups is 1. The average Bonchev–Trinajstić information content (AvgIpc) is 2.99. The second kappa shape index (κ2) is 9.71. The summed E-state index contributed by atoms with van der Waals surface area (Å²) in [6, 6.07) is 3.87.